The Kier molecular flexibility index (Phi) is 7.91. The summed E-state index contributed by atoms with van der Waals surface area (Å²) in [6.07, 6.45) is 0. The van der Waals surface area contributed by atoms with Crippen LogP contribution in [0.3, 0.4) is 0 Å². The monoisotopic (exact) mass is 840 g/mol. The maximum absolute atomic E-state index is 6.71. The van der Waals surface area contributed by atoms with E-state index < -0.39 is 0 Å². The van der Waals surface area contributed by atoms with Gasteiger partial charge in [-0.25, -0.2) is 15.0 Å². The fourth-order valence-corrected chi connectivity index (χ4v) is 10.3. The van der Waals surface area contributed by atoms with E-state index >= 15 is 0 Å². The summed E-state index contributed by atoms with van der Waals surface area (Å²) in [5, 5.41) is 13.9. The first-order valence-electron chi connectivity index (χ1n) is 22.3. The molecule has 0 saturated carbocycles. The second-order valence-corrected chi connectivity index (χ2v) is 17.1. The second kappa shape index (κ2) is 14.3. The van der Waals surface area contributed by atoms with E-state index in [1.807, 2.05) is 18.2 Å². The van der Waals surface area contributed by atoms with Crippen molar-refractivity contribution < 1.29 is 4.42 Å². The zero-order valence-corrected chi connectivity index (χ0v) is 35.5. The van der Waals surface area contributed by atoms with Crippen molar-refractivity contribution in [2.24, 2.45) is 0 Å². The highest BCUT2D eigenvalue weighted by Crippen LogP contribution is 2.44. The SMILES string of the molecule is c1ccc(-c2nc(-c3ccc(-n4c5ccccc5c5cc6ccccc6cc54)c(-c4cccc5oc6cc7ccccc7cc6c45)c3)nc(-c3cccc4c3ccc3ccccc34)n2)cc1. The molecule has 0 atom stereocenters. The predicted molar refractivity (Wildman–Crippen MR) is 273 cm³/mol. The van der Waals surface area contributed by atoms with Gasteiger partial charge >= 0.3 is 0 Å². The van der Waals surface area contributed by atoms with Crippen LogP contribution in [-0.2, 0) is 0 Å². The molecule has 0 unspecified atom stereocenters. The Morgan fingerprint density at radius 2 is 0.924 bits per heavy atom. The number of furan rings is 1. The highest BCUT2D eigenvalue weighted by molar-refractivity contribution is 6.18. The van der Waals surface area contributed by atoms with Crippen LogP contribution in [0, 0.1) is 0 Å². The van der Waals surface area contributed by atoms with Gasteiger partial charge < -0.3 is 8.98 Å². The summed E-state index contributed by atoms with van der Waals surface area (Å²) in [6.45, 7) is 0. The third kappa shape index (κ3) is 5.63. The molecule has 66 heavy (non-hydrogen) atoms. The van der Waals surface area contributed by atoms with Crippen molar-refractivity contribution in [2.75, 3.05) is 0 Å². The number of benzene rings is 11. The number of nitrogens with zero attached hydrogens (tertiary/aromatic N) is 4. The van der Waals surface area contributed by atoms with Gasteiger partial charge in [0.15, 0.2) is 17.5 Å². The summed E-state index contributed by atoms with van der Waals surface area (Å²) in [5.74, 6) is 1.82. The second-order valence-electron chi connectivity index (χ2n) is 17.1. The van der Waals surface area contributed by atoms with E-state index in [9.17, 15) is 0 Å². The molecule has 0 aliphatic heterocycles. The molecule has 0 amide bonds. The van der Waals surface area contributed by atoms with Gasteiger partial charge in [0.1, 0.15) is 11.2 Å². The largest absolute Gasteiger partial charge is 0.456 e. The summed E-state index contributed by atoms with van der Waals surface area (Å²) in [6, 6.07) is 77.6. The van der Waals surface area contributed by atoms with E-state index in [2.05, 4.69) is 205 Å². The average Bonchev–Trinajstić information content (AvgIpc) is 3.91. The molecule has 0 bridgehead atoms. The smallest absolute Gasteiger partial charge is 0.164 e. The molecule has 5 nitrogen and oxygen atoms in total. The predicted octanol–water partition coefficient (Wildman–Crippen LogP) is 16.1. The van der Waals surface area contributed by atoms with Crippen LogP contribution in [0.15, 0.2) is 223 Å². The Labute approximate surface area is 378 Å². The molecule has 11 aromatic carbocycles. The molecule has 0 aliphatic rings. The zero-order chi connectivity index (χ0) is 43.3. The molecule has 3 heterocycles. The number of fused-ring (bicyclic) bond motifs is 11. The fourth-order valence-electron chi connectivity index (χ4n) is 10.3. The van der Waals surface area contributed by atoms with Crippen LogP contribution in [0.2, 0.25) is 0 Å². The first kappa shape index (κ1) is 36.5. The molecule has 0 N–H and O–H groups in total. The Hall–Kier alpha value is -8.93. The third-order valence-corrected chi connectivity index (χ3v) is 13.4. The highest BCUT2D eigenvalue weighted by Gasteiger charge is 2.22. The molecular formula is C61H36N4O. The lowest BCUT2D eigenvalue weighted by molar-refractivity contribution is 0.669. The first-order valence-corrected chi connectivity index (χ1v) is 22.3. The van der Waals surface area contributed by atoms with Gasteiger partial charge in [-0.1, -0.05) is 164 Å². The quantitative estimate of drug-likeness (QED) is 0.162. The van der Waals surface area contributed by atoms with Gasteiger partial charge in [0, 0.05) is 43.8 Å². The molecule has 14 aromatic rings. The van der Waals surface area contributed by atoms with Crippen molar-refractivity contribution in [1.29, 1.82) is 0 Å². The molecule has 14 rings (SSSR count). The van der Waals surface area contributed by atoms with E-state index in [1.165, 1.54) is 37.7 Å². The van der Waals surface area contributed by atoms with Crippen molar-refractivity contribution in [3.63, 3.8) is 0 Å². The van der Waals surface area contributed by atoms with Crippen LogP contribution < -0.4 is 0 Å². The molecule has 0 fully saturated rings. The number of rotatable bonds is 5. The zero-order valence-electron chi connectivity index (χ0n) is 35.5. The fraction of sp³-hybridized carbons (Fsp3) is 0. The Morgan fingerprint density at radius 3 is 1.74 bits per heavy atom. The van der Waals surface area contributed by atoms with Crippen molar-refractivity contribution in [3.8, 4) is 51.0 Å². The highest BCUT2D eigenvalue weighted by atomic mass is 16.3. The molecule has 0 saturated heterocycles. The Bertz CT molecular complexity index is 4300. The Morgan fingerprint density at radius 1 is 0.303 bits per heavy atom. The van der Waals surface area contributed by atoms with E-state index in [1.54, 1.807) is 0 Å². The van der Waals surface area contributed by atoms with Gasteiger partial charge in [0.05, 0.1) is 16.7 Å². The average molecular weight is 841 g/mol. The van der Waals surface area contributed by atoms with Gasteiger partial charge in [0.2, 0.25) is 0 Å². The number of hydrogen-bond acceptors (Lipinski definition) is 4. The molecule has 0 spiro atoms. The molecule has 0 aliphatic carbocycles. The first-order chi connectivity index (χ1) is 32.7. The molecular weight excluding hydrogens is 805 g/mol. The van der Waals surface area contributed by atoms with Crippen LogP contribution in [0.4, 0.5) is 0 Å². The lowest BCUT2D eigenvalue weighted by Crippen LogP contribution is -2.02. The summed E-state index contributed by atoms with van der Waals surface area (Å²) in [7, 11) is 0. The van der Waals surface area contributed by atoms with E-state index in [0.717, 1.165) is 82.6 Å². The normalized spacial score (nSPS) is 11.9. The summed E-state index contributed by atoms with van der Waals surface area (Å²) >= 11 is 0. The minimum absolute atomic E-state index is 0.591. The van der Waals surface area contributed by atoms with Gasteiger partial charge in [-0.2, -0.15) is 0 Å². The van der Waals surface area contributed by atoms with Crippen LogP contribution in [0.5, 0.6) is 0 Å². The maximum atomic E-state index is 6.71. The van der Waals surface area contributed by atoms with Crippen LogP contribution in [-0.4, -0.2) is 19.5 Å². The van der Waals surface area contributed by atoms with Crippen molar-refractivity contribution in [2.45, 2.75) is 0 Å². The van der Waals surface area contributed by atoms with Gasteiger partial charge in [-0.05, 0) is 103 Å². The van der Waals surface area contributed by atoms with Crippen LogP contribution in [0.25, 0.3) is 138 Å². The summed E-state index contributed by atoms with van der Waals surface area (Å²) in [5.41, 5.74) is 9.84. The van der Waals surface area contributed by atoms with E-state index in [-0.39, 0.29) is 0 Å². The molecule has 0 radical (unpaired) electrons. The van der Waals surface area contributed by atoms with Gasteiger partial charge in [0.25, 0.3) is 0 Å². The molecule has 306 valence electrons. The minimum atomic E-state index is 0.591. The third-order valence-electron chi connectivity index (χ3n) is 13.4. The van der Waals surface area contributed by atoms with E-state index in [4.69, 9.17) is 19.4 Å². The summed E-state index contributed by atoms with van der Waals surface area (Å²) in [4.78, 5) is 15.9. The lowest BCUT2D eigenvalue weighted by Gasteiger charge is -2.17. The number of aromatic nitrogens is 4. The van der Waals surface area contributed by atoms with E-state index in [0.29, 0.717) is 17.5 Å². The summed E-state index contributed by atoms with van der Waals surface area (Å²) < 4.78 is 9.14. The molecule has 5 heteroatoms. The minimum Gasteiger partial charge on any atom is -0.456 e. The number of para-hydroxylation sites is 1. The standard InChI is InChI=1S/C61H36N4O/c1-2-15-38(16-3-1)59-62-60(64-61(63-59)49-25-12-23-45-44-21-9-8-14-37(44)28-30-46(45)49)43-29-31-54(65-53-26-11-10-22-47(53)50-32-39-17-4-6-19-41(39)35-55(50)65)51(34-43)48-24-13-27-56-58(48)52-33-40-18-5-7-20-42(40)36-57(52)66-56/h1-36H. The van der Waals surface area contributed by atoms with Crippen molar-refractivity contribution in [1.82, 2.24) is 19.5 Å². The van der Waals surface area contributed by atoms with Crippen molar-refractivity contribution >= 4 is 86.8 Å². The van der Waals surface area contributed by atoms with Crippen LogP contribution in [0.1, 0.15) is 0 Å². The number of hydrogen-bond donors (Lipinski definition) is 0. The molecule has 3 aromatic heterocycles. The van der Waals surface area contributed by atoms with Gasteiger partial charge in [-0.15, -0.1) is 0 Å². The van der Waals surface area contributed by atoms with Crippen LogP contribution >= 0.6 is 0 Å². The van der Waals surface area contributed by atoms with Gasteiger partial charge in [-0.3, -0.25) is 0 Å². The van der Waals surface area contributed by atoms with Crippen molar-refractivity contribution in [3.05, 3.63) is 218 Å². The topological polar surface area (TPSA) is 56.7 Å². The Balaban J connectivity index is 1.07. The maximum Gasteiger partial charge on any atom is 0.164 e. The lowest BCUT2D eigenvalue weighted by atomic mass is 9.95.